The second kappa shape index (κ2) is 5.27. The lowest BCUT2D eigenvalue weighted by atomic mass is 10.1. The van der Waals surface area contributed by atoms with Crippen molar-refractivity contribution in [3.05, 3.63) is 29.6 Å². The van der Waals surface area contributed by atoms with Crippen molar-refractivity contribution in [1.82, 2.24) is 9.88 Å². The summed E-state index contributed by atoms with van der Waals surface area (Å²) in [5.74, 6) is -0.768. The number of hydrogen-bond acceptors (Lipinski definition) is 3. The molecule has 1 saturated heterocycles. The third-order valence-electron chi connectivity index (χ3n) is 3.29. The molecule has 0 aliphatic carbocycles. The van der Waals surface area contributed by atoms with Crippen LogP contribution in [0.15, 0.2) is 18.2 Å². The minimum absolute atomic E-state index is 0.150. The lowest BCUT2D eigenvalue weighted by molar-refractivity contribution is -0.136. The molecule has 0 unspecified atom stereocenters. The van der Waals surface area contributed by atoms with E-state index in [2.05, 4.69) is 16.9 Å². The first-order valence-electron chi connectivity index (χ1n) is 6.04. The van der Waals surface area contributed by atoms with Crippen LogP contribution < -0.4 is 0 Å². The molecule has 2 heterocycles. The van der Waals surface area contributed by atoms with E-state index >= 15 is 0 Å². The van der Waals surface area contributed by atoms with Crippen molar-refractivity contribution < 1.29 is 9.90 Å². The molecule has 1 aromatic heterocycles. The van der Waals surface area contributed by atoms with Gasteiger partial charge in [-0.05, 0) is 38.6 Å². The molecule has 1 N–H and O–H groups in total. The number of pyridine rings is 1. The van der Waals surface area contributed by atoms with E-state index in [-0.39, 0.29) is 6.42 Å². The maximum absolute atomic E-state index is 10.5. The van der Waals surface area contributed by atoms with E-state index in [9.17, 15) is 4.79 Å². The van der Waals surface area contributed by atoms with Crippen molar-refractivity contribution in [3.63, 3.8) is 0 Å². The van der Waals surface area contributed by atoms with Gasteiger partial charge in [0.25, 0.3) is 0 Å². The molecule has 1 aliphatic heterocycles. The van der Waals surface area contributed by atoms with Crippen LogP contribution in [0.5, 0.6) is 0 Å². The van der Waals surface area contributed by atoms with Gasteiger partial charge in [0.05, 0.1) is 18.2 Å². The minimum Gasteiger partial charge on any atom is -0.481 e. The molecule has 0 radical (unpaired) electrons. The summed E-state index contributed by atoms with van der Waals surface area (Å²) in [5.41, 5.74) is 1.96. The fourth-order valence-electron chi connectivity index (χ4n) is 2.34. The maximum Gasteiger partial charge on any atom is 0.303 e. The zero-order valence-corrected chi connectivity index (χ0v) is 10.1. The minimum atomic E-state index is -0.768. The Bertz CT molecular complexity index is 406. The molecule has 0 spiro atoms. The Morgan fingerprint density at radius 1 is 1.59 bits per heavy atom. The van der Waals surface area contributed by atoms with Gasteiger partial charge in [-0.3, -0.25) is 14.7 Å². The van der Waals surface area contributed by atoms with Crippen molar-refractivity contribution in [2.24, 2.45) is 0 Å². The highest BCUT2D eigenvalue weighted by atomic mass is 16.4. The van der Waals surface area contributed by atoms with Crippen molar-refractivity contribution in [2.75, 3.05) is 13.6 Å². The summed E-state index contributed by atoms with van der Waals surface area (Å²) < 4.78 is 0. The van der Waals surface area contributed by atoms with Crippen LogP contribution in [-0.4, -0.2) is 34.6 Å². The van der Waals surface area contributed by atoms with Crippen LogP contribution in [0.4, 0.5) is 0 Å². The normalized spacial score (nSPS) is 20.6. The maximum atomic E-state index is 10.5. The first-order valence-corrected chi connectivity index (χ1v) is 6.04. The van der Waals surface area contributed by atoms with E-state index in [0.717, 1.165) is 24.4 Å². The first-order chi connectivity index (χ1) is 8.16. The van der Waals surface area contributed by atoms with Gasteiger partial charge in [-0.1, -0.05) is 6.07 Å². The summed E-state index contributed by atoms with van der Waals surface area (Å²) in [4.78, 5) is 17.4. The van der Waals surface area contributed by atoms with Gasteiger partial charge < -0.3 is 5.11 Å². The number of carbonyl (C=O) groups is 1. The standard InChI is InChI=1S/C13H18N2O2/c1-15-9-3-6-12(15)11-5-2-4-10(14-11)7-8-13(16)17/h2,4-5,12H,3,6-9H2,1H3,(H,16,17)/t12-/m0/s1. The Morgan fingerprint density at radius 3 is 3.06 bits per heavy atom. The Hall–Kier alpha value is -1.42. The quantitative estimate of drug-likeness (QED) is 0.864. The number of aryl methyl sites for hydroxylation is 1. The van der Waals surface area contributed by atoms with E-state index in [0.29, 0.717) is 12.5 Å². The van der Waals surface area contributed by atoms with Gasteiger partial charge in [-0.15, -0.1) is 0 Å². The lowest BCUT2D eigenvalue weighted by Gasteiger charge is -2.19. The first kappa shape index (κ1) is 12.0. The van der Waals surface area contributed by atoms with E-state index < -0.39 is 5.97 Å². The molecule has 0 amide bonds. The van der Waals surface area contributed by atoms with E-state index in [1.165, 1.54) is 6.42 Å². The zero-order valence-electron chi connectivity index (χ0n) is 10.1. The molecular formula is C13H18N2O2. The number of aromatic nitrogens is 1. The molecule has 0 aromatic carbocycles. The average Bonchev–Trinajstić information content (AvgIpc) is 2.73. The molecule has 1 aromatic rings. The van der Waals surface area contributed by atoms with E-state index in [4.69, 9.17) is 5.11 Å². The van der Waals surface area contributed by atoms with Gasteiger partial charge >= 0.3 is 5.97 Å². The van der Waals surface area contributed by atoms with Crippen LogP contribution in [0.25, 0.3) is 0 Å². The molecule has 0 saturated carbocycles. The topological polar surface area (TPSA) is 53.4 Å². The van der Waals surface area contributed by atoms with Crippen LogP contribution in [0, 0.1) is 0 Å². The van der Waals surface area contributed by atoms with Crippen molar-refractivity contribution in [2.45, 2.75) is 31.7 Å². The average molecular weight is 234 g/mol. The highest BCUT2D eigenvalue weighted by molar-refractivity contribution is 5.66. The monoisotopic (exact) mass is 234 g/mol. The molecule has 1 fully saturated rings. The number of rotatable bonds is 4. The second-order valence-electron chi connectivity index (χ2n) is 4.59. The fraction of sp³-hybridized carbons (Fsp3) is 0.538. The summed E-state index contributed by atoms with van der Waals surface area (Å²) in [6.07, 6.45) is 3.02. The highest BCUT2D eigenvalue weighted by Crippen LogP contribution is 2.28. The summed E-state index contributed by atoms with van der Waals surface area (Å²) >= 11 is 0. The van der Waals surface area contributed by atoms with Crippen molar-refractivity contribution in [3.8, 4) is 0 Å². The van der Waals surface area contributed by atoms with Crippen LogP contribution in [0.2, 0.25) is 0 Å². The molecule has 92 valence electrons. The Balaban J connectivity index is 2.08. The van der Waals surface area contributed by atoms with E-state index in [1.54, 1.807) is 0 Å². The summed E-state index contributed by atoms with van der Waals surface area (Å²) in [6, 6.07) is 6.32. The van der Waals surface area contributed by atoms with Gasteiger partial charge in [0.15, 0.2) is 0 Å². The summed E-state index contributed by atoms with van der Waals surface area (Å²) in [5, 5.41) is 8.66. The lowest BCUT2D eigenvalue weighted by Crippen LogP contribution is -2.18. The number of aliphatic carboxylic acids is 1. The number of carboxylic acid groups (broad SMARTS) is 1. The molecule has 4 nitrogen and oxygen atoms in total. The van der Waals surface area contributed by atoms with Crippen LogP contribution in [0.3, 0.4) is 0 Å². The molecule has 4 heteroatoms. The molecule has 0 bridgehead atoms. The summed E-state index contributed by atoms with van der Waals surface area (Å²) in [6.45, 7) is 1.12. The smallest absolute Gasteiger partial charge is 0.303 e. The SMILES string of the molecule is CN1CCC[C@H]1c1cccc(CCC(=O)O)n1. The number of nitrogens with zero attached hydrogens (tertiary/aromatic N) is 2. The van der Waals surface area contributed by atoms with Gasteiger partial charge in [-0.25, -0.2) is 0 Å². The molecule has 1 atom stereocenters. The second-order valence-corrected chi connectivity index (χ2v) is 4.59. The van der Waals surface area contributed by atoms with E-state index in [1.807, 2.05) is 18.2 Å². The number of likely N-dealkylation sites (tertiary alicyclic amines) is 1. The zero-order chi connectivity index (χ0) is 12.3. The Kier molecular flexibility index (Phi) is 3.74. The van der Waals surface area contributed by atoms with Gasteiger partial charge in [0.2, 0.25) is 0 Å². The largest absolute Gasteiger partial charge is 0.481 e. The summed E-state index contributed by atoms with van der Waals surface area (Å²) in [7, 11) is 2.11. The highest BCUT2D eigenvalue weighted by Gasteiger charge is 2.23. The predicted octanol–water partition coefficient (Wildman–Crippen LogP) is 1.87. The fourth-order valence-corrected chi connectivity index (χ4v) is 2.34. The molecule has 2 rings (SSSR count). The van der Waals surface area contributed by atoms with Gasteiger partial charge in [-0.2, -0.15) is 0 Å². The van der Waals surface area contributed by atoms with Crippen molar-refractivity contribution >= 4 is 5.97 Å². The molecule has 1 aliphatic rings. The van der Waals surface area contributed by atoms with Gasteiger partial charge in [0.1, 0.15) is 0 Å². The predicted molar refractivity (Wildman–Crippen MR) is 64.8 cm³/mol. The third-order valence-corrected chi connectivity index (χ3v) is 3.29. The molecular weight excluding hydrogens is 216 g/mol. The number of carboxylic acids is 1. The third kappa shape index (κ3) is 3.03. The van der Waals surface area contributed by atoms with Gasteiger partial charge in [0, 0.05) is 12.1 Å². The number of hydrogen-bond donors (Lipinski definition) is 1. The van der Waals surface area contributed by atoms with Crippen LogP contribution in [-0.2, 0) is 11.2 Å². The Labute approximate surface area is 101 Å². The molecule has 17 heavy (non-hydrogen) atoms. The van der Waals surface area contributed by atoms with Crippen molar-refractivity contribution in [1.29, 1.82) is 0 Å². The Morgan fingerprint density at radius 2 is 2.41 bits per heavy atom. The van der Waals surface area contributed by atoms with Crippen LogP contribution >= 0.6 is 0 Å². The van der Waals surface area contributed by atoms with Crippen LogP contribution in [0.1, 0.15) is 36.7 Å².